The lowest BCUT2D eigenvalue weighted by Crippen LogP contribution is -2.10. The highest BCUT2D eigenvalue weighted by atomic mass is 16.4. The fourth-order valence-corrected chi connectivity index (χ4v) is 2.03. The first-order chi connectivity index (χ1) is 8.49. The molecule has 0 spiro atoms. The fourth-order valence-electron chi connectivity index (χ4n) is 2.03. The molecule has 0 amide bonds. The van der Waals surface area contributed by atoms with Crippen molar-refractivity contribution in [3.63, 3.8) is 0 Å². The van der Waals surface area contributed by atoms with Gasteiger partial charge in [0.2, 0.25) is 0 Å². The summed E-state index contributed by atoms with van der Waals surface area (Å²) in [6.07, 6.45) is 1.58. The number of aromatic nitrogens is 2. The van der Waals surface area contributed by atoms with Crippen molar-refractivity contribution < 1.29 is 9.90 Å². The number of rotatable bonds is 3. The average molecular weight is 244 g/mol. The molecule has 18 heavy (non-hydrogen) atoms. The Morgan fingerprint density at radius 1 is 1.33 bits per heavy atom. The van der Waals surface area contributed by atoms with Gasteiger partial charge in [-0.1, -0.05) is 23.8 Å². The zero-order valence-electron chi connectivity index (χ0n) is 10.8. The van der Waals surface area contributed by atoms with Crippen molar-refractivity contribution in [1.82, 2.24) is 9.55 Å². The molecule has 0 saturated heterocycles. The Morgan fingerprint density at radius 3 is 2.72 bits per heavy atom. The third-order valence-electron chi connectivity index (χ3n) is 3.07. The minimum Gasteiger partial charge on any atom is -0.477 e. The zero-order valence-corrected chi connectivity index (χ0v) is 10.8. The summed E-state index contributed by atoms with van der Waals surface area (Å²) in [5.41, 5.74) is 4.26. The monoisotopic (exact) mass is 244 g/mol. The number of aryl methyl sites for hydroxylation is 3. The molecule has 2 aromatic rings. The Kier molecular flexibility index (Phi) is 3.19. The van der Waals surface area contributed by atoms with Crippen LogP contribution in [0.2, 0.25) is 0 Å². The largest absolute Gasteiger partial charge is 0.477 e. The molecule has 4 heteroatoms. The fraction of sp³-hybridized carbons (Fsp3) is 0.286. The molecule has 1 aromatic heterocycles. The topological polar surface area (TPSA) is 55.1 Å². The standard InChI is InChI=1S/C14H16N2O2/c1-9-4-5-10(2)12(6-9)7-16-8-15-11(3)13(16)14(17)18/h4-6,8H,7H2,1-3H3,(H,17,18). The number of carbonyl (C=O) groups is 1. The Labute approximate surface area is 106 Å². The van der Waals surface area contributed by atoms with Gasteiger partial charge in [0.15, 0.2) is 0 Å². The lowest BCUT2D eigenvalue weighted by molar-refractivity contribution is 0.0684. The summed E-state index contributed by atoms with van der Waals surface area (Å²) in [5, 5.41) is 9.18. The molecule has 0 radical (unpaired) electrons. The molecule has 94 valence electrons. The molecule has 0 fully saturated rings. The Balaban J connectivity index is 2.40. The van der Waals surface area contributed by atoms with E-state index in [-0.39, 0.29) is 5.69 Å². The van der Waals surface area contributed by atoms with Crippen molar-refractivity contribution in [2.45, 2.75) is 27.3 Å². The van der Waals surface area contributed by atoms with Crippen molar-refractivity contribution >= 4 is 5.97 Å². The van der Waals surface area contributed by atoms with Crippen molar-refractivity contribution in [3.05, 3.63) is 52.6 Å². The smallest absolute Gasteiger partial charge is 0.354 e. The van der Waals surface area contributed by atoms with Gasteiger partial charge in [0, 0.05) is 6.54 Å². The molecule has 0 unspecified atom stereocenters. The minimum atomic E-state index is -0.935. The molecular formula is C14H16N2O2. The maximum Gasteiger partial charge on any atom is 0.354 e. The lowest BCUT2D eigenvalue weighted by atomic mass is 10.1. The van der Waals surface area contributed by atoms with Crippen LogP contribution in [-0.4, -0.2) is 20.6 Å². The van der Waals surface area contributed by atoms with Crippen LogP contribution in [0.1, 0.15) is 32.9 Å². The molecule has 0 aliphatic rings. The van der Waals surface area contributed by atoms with Crippen molar-refractivity contribution in [3.8, 4) is 0 Å². The predicted octanol–water partition coefficient (Wildman–Crippen LogP) is 2.55. The molecule has 1 aromatic carbocycles. The highest BCUT2D eigenvalue weighted by molar-refractivity contribution is 5.86. The van der Waals surface area contributed by atoms with E-state index in [1.807, 2.05) is 13.8 Å². The van der Waals surface area contributed by atoms with Gasteiger partial charge in [0.1, 0.15) is 5.69 Å². The van der Waals surface area contributed by atoms with Crippen LogP contribution in [0.15, 0.2) is 24.5 Å². The average Bonchev–Trinajstić information content (AvgIpc) is 2.65. The van der Waals surface area contributed by atoms with E-state index < -0.39 is 5.97 Å². The van der Waals surface area contributed by atoms with Gasteiger partial charge in [-0.3, -0.25) is 0 Å². The van der Waals surface area contributed by atoms with Gasteiger partial charge in [-0.25, -0.2) is 9.78 Å². The zero-order chi connectivity index (χ0) is 13.3. The quantitative estimate of drug-likeness (QED) is 0.902. The Morgan fingerprint density at radius 2 is 2.06 bits per heavy atom. The molecule has 4 nitrogen and oxygen atoms in total. The molecule has 0 aliphatic heterocycles. The second kappa shape index (κ2) is 4.64. The summed E-state index contributed by atoms with van der Waals surface area (Å²) >= 11 is 0. The number of carboxylic acids is 1. The van der Waals surface area contributed by atoms with Gasteiger partial charge in [-0.15, -0.1) is 0 Å². The molecule has 0 atom stereocenters. The summed E-state index contributed by atoms with van der Waals surface area (Å²) in [5.74, 6) is -0.935. The normalized spacial score (nSPS) is 10.6. The van der Waals surface area contributed by atoms with Crippen LogP contribution < -0.4 is 0 Å². The van der Waals surface area contributed by atoms with Gasteiger partial charge < -0.3 is 9.67 Å². The van der Waals surface area contributed by atoms with Gasteiger partial charge >= 0.3 is 5.97 Å². The van der Waals surface area contributed by atoms with E-state index in [4.69, 9.17) is 0 Å². The van der Waals surface area contributed by atoms with Crippen LogP contribution >= 0.6 is 0 Å². The summed E-state index contributed by atoms with van der Waals surface area (Å²) in [7, 11) is 0. The van der Waals surface area contributed by atoms with Crippen molar-refractivity contribution in [1.29, 1.82) is 0 Å². The van der Waals surface area contributed by atoms with Crippen LogP contribution in [0.5, 0.6) is 0 Å². The minimum absolute atomic E-state index is 0.260. The first kappa shape index (κ1) is 12.4. The number of nitrogens with zero attached hydrogens (tertiary/aromatic N) is 2. The van der Waals surface area contributed by atoms with Gasteiger partial charge in [0.25, 0.3) is 0 Å². The number of hydrogen-bond donors (Lipinski definition) is 1. The molecule has 0 bridgehead atoms. The van der Waals surface area contributed by atoms with Crippen LogP contribution in [0.4, 0.5) is 0 Å². The predicted molar refractivity (Wildman–Crippen MR) is 68.9 cm³/mol. The van der Waals surface area contributed by atoms with Crippen LogP contribution in [-0.2, 0) is 6.54 Å². The number of hydrogen-bond acceptors (Lipinski definition) is 2. The summed E-state index contributed by atoms with van der Waals surface area (Å²) in [4.78, 5) is 15.3. The maximum atomic E-state index is 11.2. The third-order valence-corrected chi connectivity index (χ3v) is 3.07. The number of carboxylic acid groups (broad SMARTS) is 1. The van der Waals surface area contributed by atoms with Gasteiger partial charge in [-0.05, 0) is 31.9 Å². The second-order valence-corrected chi connectivity index (χ2v) is 4.54. The lowest BCUT2D eigenvalue weighted by Gasteiger charge is -2.09. The van der Waals surface area contributed by atoms with Crippen molar-refractivity contribution in [2.24, 2.45) is 0 Å². The summed E-state index contributed by atoms with van der Waals surface area (Å²) in [6, 6.07) is 6.18. The summed E-state index contributed by atoms with van der Waals surface area (Å²) < 4.78 is 1.68. The van der Waals surface area contributed by atoms with E-state index in [1.54, 1.807) is 17.8 Å². The number of imidazole rings is 1. The molecule has 0 aliphatic carbocycles. The Hall–Kier alpha value is -2.10. The summed E-state index contributed by atoms with van der Waals surface area (Å²) in [6.45, 7) is 6.30. The first-order valence-electron chi connectivity index (χ1n) is 5.80. The van der Waals surface area contributed by atoms with E-state index >= 15 is 0 Å². The van der Waals surface area contributed by atoms with Crippen LogP contribution in [0, 0.1) is 20.8 Å². The van der Waals surface area contributed by atoms with Gasteiger partial charge in [-0.2, -0.15) is 0 Å². The SMILES string of the molecule is Cc1ccc(C)c(Cn2cnc(C)c2C(=O)O)c1. The van der Waals surface area contributed by atoms with Crippen LogP contribution in [0.25, 0.3) is 0 Å². The third kappa shape index (κ3) is 2.27. The van der Waals surface area contributed by atoms with E-state index in [9.17, 15) is 9.90 Å². The van der Waals surface area contributed by atoms with Crippen LogP contribution in [0.3, 0.4) is 0 Å². The number of aromatic carboxylic acids is 1. The highest BCUT2D eigenvalue weighted by Gasteiger charge is 2.15. The molecular weight excluding hydrogens is 228 g/mol. The molecule has 1 N–H and O–H groups in total. The second-order valence-electron chi connectivity index (χ2n) is 4.54. The van der Waals surface area contributed by atoms with E-state index in [2.05, 4.69) is 23.2 Å². The number of benzene rings is 1. The maximum absolute atomic E-state index is 11.2. The van der Waals surface area contributed by atoms with Gasteiger partial charge in [0.05, 0.1) is 12.0 Å². The Bertz CT molecular complexity index is 600. The molecule has 1 heterocycles. The van der Waals surface area contributed by atoms with E-state index in [1.165, 1.54) is 5.56 Å². The molecule has 0 saturated carbocycles. The highest BCUT2D eigenvalue weighted by Crippen LogP contribution is 2.15. The van der Waals surface area contributed by atoms with E-state index in [0.29, 0.717) is 12.2 Å². The first-order valence-corrected chi connectivity index (χ1v) is 5.80. The molecule has 2 rings (SSSR count). The van der Waals surface area contributed by atoms with E-state index in [0.717, 1.165) is 11.1 Å². The van der Waals surface area contributed by atoms with Crippen molar-refractivity contribution in [2.75, 3.05) is 0 Å².